The molecule has 2 aromatic carbocycles. The van der Waals surface area contributed by atoms with E-state index in [0.717, 1.165) is 5.56 Å². The van der Waals surface area contributed by atoms with Gasteiger partial charge in [0.15, 0.2) is 0 Å². The Morgan fingerprint density at radius 3 is 2.54 bits per heavy atom. The minimum absolute atomic E-state index is 0.943. The summed E-state index contributed by atoms with van der Waals surface area (Å²) in [5.74, 6) is 2.64. The van der Waals surface area contributed by atoms with Gasteiger partial charge in [0.25, 0.3) is 0 Å². The second-order valence-electron chi connectivity index (χ2n) is 3.21. The Morgan fingerprint density at radius 2 is 1.77 bits per heavy atom. The van der Waals surface area contributed by atoms with E-state index in [1.54, 1.807) is 0 Å². The molecule has 0 aliphatic carbocycles. The summed E-state index contributed by atoms with van der Waals surface area (Å²) in [6, 6.07) is 12.4. The predicted octanol–water partition coefficient (Wildman–Crippen LogP) is 3.13. The number of terminal acetylenes is 1. The summed E-state index contributed by atoms with van der Waals surface area (Å²) in [7, 11) is 0. The van der Waals surface area contributed by atoms with Crippen molar-refractivity contribution in [3.63, 3.8) is 0 Å². The summed E-state index contributed by atoms with van der Waals surface area (Å²) in [4.78, 5) is 0. The molecule has 0 N–H and O–H groups in total. The summed E-state index contributed by atoms with van der Waals surface area (Å²) >= 11 is 0. The zero-order valence-electron chi connectivity index (χ0n) is 7.54. The quantitative estimate of drug-likeness (QED) is 0.527. The predicted molar refractivity (Wildman–Crippen MR) is 56.6 cm³/mol. The number of benzene rings is 2. The zero-order chi connectivity index (χ0) is 9.26. The topological polar surface area (TPSA) is 0 Å². The molecule has 0 aliphatic rings. The molecule has 0 radical (unpaired) electrons. The monoisotopic (exact) mass is 166 g/mol. The molecule has 0 saturated carbocycles. The summed E-state index contributed by atoms with van der Waals surface area (Å²) in [6.45, 7) is 2.09. The molecule has 0 saturated heterocycles. The van der Waals surface area contributed by atoms with E-state index in [4.69, 9.17) is 6.42 Å². The van der Waals surface area contributed by atoms with Gasteiger partial charge in [-0.15, -0.1) is 6.42 Å². The maximum absolute atomic E-state index is 5.33. The zero-order valence-corrected chi connectivity index (χ0v) is 7.54. The van der Waals surface area contributed by atoms with Crippen molar-refractivity contribution >= 4 is 10.8 Å². The second-order valence-corrected chi connectivity index (χ2v) is 3.21. The van der Waals surface area contributed by atoms with E-state index < -0.39 is 0 Å². The van der Waals surface area contributed by atoms with E-state index in [9.17, 15) is 0 Å². The van der Waals surface area contributed by atoms with E-state index in [0.29, 0.717) is 0 Å². The van der Waals surface area contributed by atoms with E-state index in [-0.39, 0.29) is 0 Å². The van der Waals surface area contributed by atoms with Gasteiger partial charge in [0.2, 0.25) is 0 Å². The number of aryl methyl sites for hydroxylation is 1. The molecule has 0 amide bonds. The van der Waals surface area contributed by atoms with Crippen molar-refractivity contribution in [2.45, 2.75) is 6.92 Å². The lowest BCUT2D eigenvalue weighted by atomic mass is 10.1. The van der Waals surface area contributed by atoms with Crippen LogP contribution in [0.15, 0.2) is 36.4 Å². The third kappa shape index (κ3) is 1.41. The lowest BCUT2D eigenvalue weighted by Crippen LogP contribution is -1.77. The van der Waals surface area contributed by atoms with Crippen LogP contribution < -0.4 is 0 Å². The molecule has 0 heteroatoms. The number of hydrogen-bond donors (Lipinski definition) is 0. The summed E-state index contributed by atoms with van der Waals surface area (Å²) in [5, 5.41) is 2.46. The summed E-state index contributed by atoms with van der Waals surface area (Å²) < 4.78 is 0. The standard InChI is InChI=1S/C13H10/c1-3-11-5-7-12-6-4-10(2)8-13(12)9-11/h1,4-9H,2H3. The fourth-order valence-corrected chi connectivity index (χ4v) is 1.46. The highest BCUT2D eigenvalue weighted by Crippen LogP contribution is 2.16. The maximum atomic E-state index is 5.33. The summed E-state index contributed by atoms with van der Waals surface area (Å²) in [5.41, 5.74) is 2.21. The molecule has 0 fully saturated rings. The Balaban J connectivity index is 2.77. The molecule has 62 valence electrons. The first-order chi connectivity index (χ1) is 6.29. The minimum Gasteiger partial charge on any atom is -0.115 e. The minimum atomic E-state index is 0.943. The van der Waals surface area contributed by atoms with Crippen molar-refractivity contribution in [3.05, 3.63) is 47.5 Å². The normalized spacial score (nSPS) is 9.85. The summed E-state index contributed by atoms with van der Waals surface area (Å²) in [6.07, 6.45) is 5.33. The highest BCUT2D eigenvalue weighted by atomic mass is 14.0. The average molecular weight is 166 g/mol. The molecule has 2 aromatic rings. The maximum Gasteiger partial charge on any atom is 0.0248 e. The largest absolute Gasteiger partial charge is 0.115 e. The number of fused-ring (bicyclic) bond motifs is 1. The highest BCUT2D eigenvalue weighted by Gasteiger charge is 1.94. The highest BCUT2D eigenvalue weighted by molar-refractivity contribution is 5.84. The SMILES string of the molecule is C#Cc1ccc2ccc(C)cc2c1. The van der Waals surface area contributed by atoms with Gasteiger partial charge in [-0.2, -0.15) is 0 Å². The van der Waals surface area contributed by atoms with Crippen LogP contribution in [-0.2, 0) is 0 Å². The van der Waals surface area contributed by atoms with Crippen LogP contribution in [0, 0.1) is 19.3 Å². The first-order valence-electron chi connectivity index (χ1n) is 4.26. The smallest absolute Gasteiger partial charge is 0.0248 e. The van der Waals surface area contributed by atoms with Crippen LogP contribution in [0.3, 0.4) is 0 Å². The van der Waals surface area contributed by atoms with Crippen LogP contribution in [0.2, 0.25) is 0 Å². The van der Waals surface area contributed by atoms with Crippen LogP contribution in [0.25, 0.3) is 10.8 Å². The van der Waals surface area contributed by atoms with Gasteiger partial charge in [-0.3, -0.25) is 0 Å². The third-order valence-corrected chi connectivity index (χ3v) is 2.16. The number of hydrogen-bond acceptors (Lipinski definition) is 0. The van der Waals surface area contributed by atoms with Gasteiger partial charge in [-0.25, -0.2) is 0 Å². The van der Waals surface area contributed by atoms with Crippen molar-refractivity contribution < 1.29 is 0 Å². The van der Waals surface area contributed by atoms with Crippen LogP contribution >= 0.6 is 0 Å². The molecule has 0 aliphatic heterocycles. The van der Waals surface area contributed by atoms with Gasteiger partial charge in [0.1, 0.15) is 0 Å². The van der Waals surface area contributed by atoms with Crippen molar-refractivity contribution in [3.8, 4) is 12.3 Å². The van der Waals surface area contributed by atoms with Crippen molar-refractivity contribution in [1.29, 1.82) is 0 Å². The van der Waals surface area contributed by atoms with Crippen LogP contribution in [0.1, 0.15) is 11.1 Å². The number of rotatable bonds is 0. The van der Waals surface area contributed by atoms with E-state index in [1.165, 1.54) is 16.3 Å². The molecule has 0 spiro atoms. The van der Waals surface area contributed by atoms with Gasteiger partial charge in [0, 0.05) is 5.56 Å². The van der Waals surface area contributed by atoms with Gasteiger partial charge < -0.3 is 0 Å². The van der Waals surface area contributed by atoms with Crippen molar-refractivity contribution in [2.24, 2.45) is 0 Å². The Labute approximate surface area is 78.2 Å². The van der Waals surface area contributed by atoms with Crippen LogP contribution in [0.5, 0.6) is 0 Å². The van der Waals surface area contributed by atoms with Gasteiger partial charge in [-0.1, -0.05) is 35.7 Å². The van der Waals surface area contributed by atoms with Crippen molar-refractivity contribution in [2.75, 3.05) is 0 Å². The molecule has 0 unspecified atom stereocenters. The molecule has 0 nitrogen and oxygen atoms in total. The molecule has 2 rings (SSSR count). The second kappa shape index (κ2) is 2.95. The molecule has 0 aromatic heterocycles. The lowest BCUT2D eigenvalue weighted by molar-refractivity contribution is 1.50. The third-order valence-electron chi connectivity index (χ3n) is 2.16. The Kier molecular flexibility index (Phi) is 1.79. The average Bonchev–Trinajstić information content (AvgIpc) is 2.16. The fraction of sp³-hybridized carbons (Fsp3) is 0.0769. The van der Waals surface area contributed by atoms with E-state index in [2.05, 4.69) is 37.1 Å². The first-order valence-corrected chi connectivity index (χ1v) is 4.26. The van der Waals surface area contributed by atoms with Gasteiger partial charge in [0.05, 0.1) is 0 Å². The lowest BCUT2D eigenvalue weighted by Gasteiger charge is -1.99. The Morgan fingerprint density at radius 1 is 1.00 bits per heavy atom. The molecular weight excluding hydrogens is 156 g/mol. The molecular formula is C13H10. The Bertz CT molecular complexity index is 487. The van der Waals surface area contributed by atoms with E-state index in [1.807, 2.05) is 12.1 Å². The van der Waals surface area contributed by atoms with Crippen LogP contribution in [-0.4, -0.2) is 0 Å². The van der Waals surface area contributed by atoms with E-state index >= 15 is 0 Å². The van der Waals surface area contributed by atoms with Gasteiger partial charge >= 0.3 is 0 Å². The first kappa shape index (κ1) is 7.89. The fourth-order valence-electron chi connectivity index (χ4n) is 1.46. The van der Waals surface area contributed by atoms with Crippen LogP contribution in [0.4, 0.5) is 0 Å². The van der Waals surface area contributed by atoms with Crippen molar-refractivity contribution in [1.82, 2.24) is 0 Å². The molecule has 0 bridgehead atoms. The molecule has 13 heavy (non-hydrogen) atoms. The van der Waals surface area contributed by atoms with Gasteiger partial charge in [-0.05, 0) is 29.8 Å². The molecule has 0 atom stereocenters. The Hall–Kier alpha value is -1.74. The molecule has 0 heterocycles.